The van der Waals surface area contributed by atoms with Crippen molar-refractivity contribution in [2.24, 2.45) is 0 Å². The third-order valence-electron chi connectivity index (χ3n) is 3.20. The summed E-state index contributed by atoms with van der Waals surface area (Å²) in [7, 11) is 0. The Morgan fingerprint density at radius 3 is 2.62 bits per heavy atom. The van der Waals surface area contributed by atoms with E-state index in [4.69, 9.17) is 17.0 Å². The largest absolute Gasteiger partial charge is 0.494 e. The third kappa shape index (κ3) is 3.82. The summed E-state index contributed by atoms with van der Waals surface area (Å²) in [5.74, 6) is 0.771. The lowest BCUT2D eigenvalue weighted by Gasteiger charge is -2.12. The van der Waals surface area contributed by atoms with Crippen molar-refractivity contribution >= 4 is 29.3 Å². The zero-order chi connectivity index (χ0) is 15.2. The molecule has 1 aliphatic heterocycles. The van der Waals surface area contributed by atoms with Gasteiger partial charge >= 0.3 is 0 Å². The van der Waals surface area contributed by atoms with E-state index in [1.807, 2.05) is 37.3 Å². The molecular formula is C16H20N2O2S. The second kappa shape index (κ2) is 7.22. The zero-order valence-corrected chi connectivity index (χ0v) is 13.2. The van der Waals surface area contributed by atoms with Crippen LogP contribution in [0.2, 0.25) is 0 Å². The van der Waals surface area contributed by atoms with E-state index >= 15 is 0 Å². The first-order chi connectivity index (χ1) is 10.2. The highest BCUT2D eigenvalue weighted by atomic mass is 32.1. The van der Waals surface area contributed by atoms with E-state index in [-0.39, 0.29) is 5.91 Å². The maximum atomic E-state index is 12.3. The fraction of sp³-hybridized carbons (Fsp3) is 0.375. The van der Waals surface area contributed by atoms with E-state index in [1.165, 1.54) is 0 Å². The second-order valence-corrected chi connectivity index (χ2v) is 5.19. The summed E-state index contributed by atoms with van der Waals surface area (Å²) in [5.41, 5.74) is 1.47. The summed E-state index contributed by atoms with van der Waals surface area (Å²) >= 11 is 5.21. The van der Waals surface area contributed by atoms with Crippen LogP contribution in [-0.4, -0.2) is 29.1 Å². The van der Waals surface area contributed by atoms with Gasteiger partial charge in [-0.3, -0.25) is 9.69 Å². The third-order valence-corrected chi connectivity index (χ3v) is 3.52. The van der Waals surface area contributed by atoms with Gasteiger partial charge in [0.25, 0.3) is 5.91 Å². The normalized spacial score (nSPS) is 16.5. The number of thiocarbonyl (C=S) groups is 1. The number of rotatable bonds is 6. The van der Waals surface area contributed by atoms with Crippen LogP contribution in [-0.2, 0) is 4.79 Å². The predicted molar refractivity (Wildman–Crippen MR) is 87.9 cm³/mol. The molecule has 2 rings (SSSR count). The highest BCUT2D eigenvalue weighted by Gasteiger charge is 2.29. The van der Waals surface area contributed by atoms with Crippen molar-refractivity contribution in [2.75, 3.05) is 13.2 Å². The van der Waals surface area contributed by atoms with Gasteiger partial charge in [-0.2, -0.15) is 0 Å². The van der Waals surface area contributed by atoms with Gasteiger partial charge in [-0.1, -0.05) is 25.5 Å². The number of nitrogens with zero attached hydrogens (tertiary/aromatic N) is 1. The van der Waals surface area contributed by atoms with Crippen LogP contribution in [0.5, 0.6) is 5.75 Å². The molecular weight excluding hydrogens is 284 g/mol. The minimum atomic E-state index is -0.0534. The van der Waals surface area contributed by atoms with Crippen molar-refractivity contribution in [3.05, 3.63) is 35.5 Å². The molecule has 0 unspecified atom stereocenters. The number of nitrogens with one attached hydrogen (secondary N) is 1. The lowest BCUT2D eigenvalue weighted by Crippen LogP contribution is -2.31. The zero-order valence-electron chi connectivity index (χ0n) is 12.4. The van der Waals surface area contributed by atoms with Crippen LogP contribution in [0.3, 0.4) is 0 Å². The Morgan fingerprint density at radius 1 is 1.29 bits per heavy atom. The van der Waals surface area contributed by atoms with E-state index in [1.54, 1.807) is 4.90 Å². The van der Waals surface area contributed by atoms with Crippen molar-refractivity contribution in [1.82, 2.24) is 10.2 Å². The maximum absolute atomic E-state index is 12.3. The molecule has 1 aromatic carbocycles. The van der Waals surface area contributed by atoms with Crippen molar-refractivity contribution in [3.8, 4) is 5.75 Å². The molecule has 0 aliphatic carbocycles. The minimum absolute atomic E-state index is 0.0534. The van der Waals surface area contributed by atoms with Crippen LogP contribution in [0.1, 0.15) is 32.3 Å². The molecule has 1 aliphatic rings. The van der Waals surface area contributed by atoms with E-state index in [9.17, 15) is 4.79 Å². The number of benzene rings is 1. The highest BCUT2D eigenvalue weighted by Crippen LogP contribution is 2.17. The number of ether oxygens (including phenoxy) is 1. The lowest BCUT2D eigenvalue weighted by molar-refractivity contribution is -0.122. The van der Waals surface area contributed by atoms with Gasteiger partial charge in [0.2, 0.25) is 0 Å². The molecule has 4 nitrogen and oxygen atoms in total. The fourth-order valence-electron chi connectivity index (χ4n) is 2.08. The van der Waals surface area contributed by atoms with E-state index in [0.717, 1.165) is 24.2 Å². The van der Waals surface area contributed by atoms with Crippen LogP contribution >= 0.6 is 12.2 Å². The SMILES string of the molecule is CCCCN1C(=O)/C(=C\c2ccc(OCC)cc2)NC1=S. The molecule has 112 valence electrons. The van der Waals surface area contributed by atoms with Gasteiger partial charge in [0, 0.05) is 6.54 Å². The molecule has 1 heterocycles. The Labute approximate surface area is 130 Å². The van der Waals surface area contributed by atoms with Gasteiger partial charge in [-0.25, -0.2) is 0 Å². The number of carbonyl (C=O) groups is 1. The Kier molecular flexibility index (Phi) is 5.33. The number of unbranched alkanes of at least 4 members (excludes halogenated alkanes) is 1. The molecule has 1 aromatic rings. The molecule has 0 saturated carbocycles. The Hall–Kier alpha value is -1.88. The number of hydrogen-bond donors (Lipinski definition) is 1. The van der Waals surface area contributed by atoms with E-state index in [0.29, 0.717) is 24.0 Å². The molecule has 1 fully saturated rings. The van der Waals surface area contributed by atoms with Gasteiger partial charge in [0.1, 0.15) is 11.4 Å². The average Bonchev–Trinajstić information content (AvgIpc) is 2.74. The lowest BCUT2D eigenvalue weighted by atomic mass is 10.2. The molecule has 0 spiro atoms. The van der Waals surface area contributed by atoms with Gasteiger partial charge < -0.3 is 10.1 Å². The van der Waals surface area contributed by atoms with Gasteiger partial charge in [0.15, 0.2) is 5.11 Å². The second-order valence-electron chi connectivity index (χ2n) is 4.80. The van der Waals surface area contributed by atoms with Crippen molar-refractivity contribution < 1.29 is 9.53 Å². The maximum Gasteiger partial charge on any atom is 0.276 e. The molecule has 0 aromatic heterocycles. The molecule has 5 heteroatoms. The Bertz CT molecular complexity index is 552. The van der Waals surface area contributed by atoms with E-state index < -0.39 is 0 Å². The summed E-state index contributed by atoms with van der Waals surface area (Å²) < 4.78 is 5.40. The molecule has 21 heavy (non-hydrogen) atoms. The molecule has 0 radical (unpaired) electrons. The number of hydrogen-bond acceptors (Lipinski definition) is 3. The first kappa shape index (κ1) is 15.5. The Balaban J connectivity index is 2.10. The molecule has 1 N–H and O–H groups in total. The average molecular weight is 304 g/mol. The van der Waals surface area contributed by atoms with E-state index in [2.05, 4.69) is 12.2 Å². The van der Waals surface area contributed by atoms with Gasteiger partial charge in [-0.15, -0.1) is 0 Å². The molecule has 0 bridgehead atoms. The van der Waals surface area contributed by atoms with Crippen LogP contribution in [0.25, 0.3) is 6.08 Å². The highest BCUT2D eigenvalue weighted by molar-refractivity contribution is 7.80. The topological polar surface area (TPSA) is 41.6 Å². The summed E-state index contributed by atoms with van der Waals surface area (Å²) in [6.45, 7) is 5.35. The summed E-state index contributed by atoms with van der Waals surface area (Å²) in [5, 5.41) is 3.48. The standard InChI is InChI=1S/C16H20N2O2S/c1-3-5-10-18-15(19)14(17-16(18)21)11-12-6-8-13(9-7-12)20-4-2/h6-9,11H,3-5,10H2,1-2H3,(H,17,21)/b14-11+. The molecule has 0 atom stereocenters. The monoisotopic (exact) mass is 304 g/mol. The van der Waals surface area contributed by atoms with Gasteiger partial charge in [0.05, 0.1) is 6.61 Å². The molecule has 1 amide bonds. The minimum Gasteiger partial charge on any atom is -0.494 e. The Morgan fingerprint density at radius 2 is 2.00 bits per heavy atom. The fourth-order valence-corrected chi connectivity index (χ4v) is 2.37. The summed E-state index contributed by atoms with van der Waals surface area (Å²) in [4.78, 5) is 13.9. The predicted octanol–water partition coefficient (Wildman–Crippen LogP) is 2.94. The number of carbonyl (C=O) groups excluding carboxylic acids is 1. The molecule has 1 saturated heterocycles. The first-order valence-corrected chi connectivity index (χ1v) is 7.64. The summed E-state index contributed by atoms with van der Waals surface area (Å²) in [6, 6.07) is 7.63. The van der Waals surface area contributed by atoms with Crippen LogP contribution in [0, 0.1) is 0 Å². The quantitative estimate of drug-likeness (QED) is 0.648. The van der Waals surface area contributed by atoms with Crippen LogP contribution in [0.15, 0.2) is 30.0 Å². The smallest absolute Gasteiger partial charge is 0.276 e. The summed E-state index contributed by atoms with van der Waals surface area (Å²) in [6.07, 6.45) is 3.80. The number of amides is 1. The first-order valence-electron chi connectivity index (χ1n) is 7.23. The van der Waals surface area contributed by atoms with Crippen LogP contribution < -0.4 is 10.1 Å². The van der Waals surface area contributed by atoms with Crippen molar-refractivity contribution in [3.63, 3.8) is 0 Å². The van der Waals surface area contributed by atoms with Crippen molar-refractivity contribution in [2.45, 2.75) is 26.7 Å². The van der Waals surface area contributed by atoms with Gasteiger partial charge in [-0.05, 0) is 49.3 Å². The van der Waals surface area contributed by atoms with Crippen molar-refractivity contribution in [1.29, 1.82) is 0 Å². The van der Waals surface area contributed by atoms with Crippen LogP contribution in [0.4, 0.5) is 0 Å².